The van der Waals surface area contributed by atoms with Crippen LogP contribution in [0.5, 0.6) is 0 Å². The summed E-state index contributed by atoms with van der Waals surface area (Å²) in [6.45, 7) is 5.06. The van der Waals surface area contributed by atoms with Gasteiger partial charge in [-0.1, -0.05) is 29.1 Å². The summed E-state index contributed by atoms with van der Waals surface area (Å²) in [4.78, 5) is 2.22. The lowest BCUT2D eigenvalue weighted by molar-refractivity contribution is 0.122. The Labute approximate surface area is 177 Å². The molecule has 1 fully saturated rings. The molecule has 1 saturated heterocycles. The van der Waals surface area contributed by atoms with E-state index < -0.39 is 0 Å². The van der Waals surface area contributed by atoms with Gasteiger partial charge >= 0.3 is 0 Å². The summed E-state index contributed by atoms with van der Waals surface area (Å²) in [6, 6.07) is 13.9. The summed E-state index contributed by atoms with van der Waals surface area (Å²) in [6.07, 6.45) is 1.61. The molecule has 0 saturated carbocycles. The van der Waals surface area contributed by atoms with E-state index in [1.807, 2.05) is 18.2 Å². The average molecular weight is 423 g/mol. The molecule has 0 spiro atoms. The molecule has 1 aliphatic rings. The fourth-order valence-electron chi connectivity index (χ4n) is 3.37. The van der Waals surface area contributed by atoms with E-state index >= 15 is 0 Å². The van der Waals surface area contributed by atoms with E-state index in [1.54, 1.807) is 18.0 Å². The van der Waals surface area contributed by atoms with E-state index in [-0.39, 0.29) is 0 Å². The second kappa shape index (κ2) is 8.37. The predicted octanol–water partition coefficient (Wildman–Crippen LogP) is 3.95. The van der Waals surface area contributed by atoms with Crippen LogP contribution in [-0.4, -0.2) is 46.2 Å². The van der Waals surface area contributed by atoms with Crippen molar-refractivity contribution in [2.75, 3.05) is 31.2 Å². The number of aryl methyl sites for hydroxylation is 1. The minimum absolute atomic E-state index is 0.608. The molecule has 0 radical (unpaired) electrons. The smallest absolute Gasteiger partial charge is 0.232 e. The van der Waals surface area contributed by atoms with Crippen molar-refractivity contribution in [1.82, 2.24) is 19.9 Å². The number of benzene rings is 1. The van der Waals surface area contributed by atoms with E-state index in [2.05, 4.69) is 56.0 Å². The molecule has 30 heavy (non-hydrogen) atoms. The van der Waals surface area contributed by atoms with Crippen molar-refractivity contribution in [3.63, 3.8) is 0 Å². The standard InChI is InChI=1S/C21H21N5O3S/c1-15-4-2-5-17(12-15)26-20(25-7-10-27-11-8-25)22-23-21(26)30-14-16-13-19(29-24-16)18-6-3-9-28-18/h2-6,9,12-13H,7-8,10-11,14H2,1H3. The van der Waals surface area contributed by atoms with Crippen molar-refractivity contribution in [2.24, 2.45) is 0 Å². The molecule has 1 aliphatic heterocycles. The van der Waals surface area contributed by atoms with Gasteiger partial charge in [-0.25, -0.2) is 0 Å². The van der Waals surface area contributed by atoms with Crippen molar-refractivity contribution in [3.8, 4) is 17.2 Å². The molecule has 3 aromatic heterocycles. The number of morpholine rings is 1. The SMILES string of the molecule is Cc1cccc(-n2c(SCc3cc(-c4ccco4)on3)nnc2N2CCOCC2)c1. The van der Waals surface area contributed by atoms with E-state index in [4.69, 9.17) is 13.7 Å². The van der Waals surface area contributed by atoms with E-state index in [1.165, 1.54) is 5.56 Å². The highest BCUT2D eigenvalue weighted by molar-refractivity contribution is 7.98. The largest absolute Gasteiger partial charge is 0.461 e. The van der Waals surface area contributed by atoms with Gasteiger partial charge in [0, 0.05) is 24.9 Å². The quantitative estimate of drug-likeness (QED) is 0.431. The minimum atomic E-state index is 0.608. The molecule has 4 heterocycles. The maximum absolute atomic E-state index is 5.50. The second-order valence-electron chi connectivity index (χ2n) is 7.00. The monoisotopic (exact) mass is 423 g/mol. The van der Waals surface area contributed by atoms with Crippen molar-refractivity contribution < 1.29 is 13.7 Å². The van der Waals surface area contributed by atoms with Crippen LogP contribution in [0.4, 0.5) is 5.95 Å². The van der Waals surface area contributed by atoms with Crippen LogP contribution < -0.4 is 4.90 Å². The van der Waals surface area contributed by atoms with Crippen molar-refractivity contribution in [2.45, 2.75) is 17.8 Å². The zero-order valence-electron chi connectivity index (χ0n) is 16.5. The second-order valence-corrected chi connectivity index (χ2v) is 7.95. The van der Waals surface area contributed by atoms with Gasteiger partial charge in [-0.05, 0) is 36.8 Å². The first-order valence-corrected chi connectivity index (χ1v) is 10.7. The van der Waals surface area contributed by atoms with Gasteiger partial charge in [-0.3, -0.25) is 4.57 Å². The van der Waals surface area contributed by atoms with Crippen LogP contribution in [0.2, 0.25) is 0 Å². The van der Waals surface area contributed by atoms with Gasteiger partial charge in [-0.15, -0.1) is 10.2 Å². The number of anilines is 1. The van der Waals surface area contributed by atoms with E-state index in [0.717, 1.165) is 35.6 Å². The number of nitrogens with zero attached hydrogens (tertiary/aromatic N) is 5. The number of aromatic nitrogens is 4. The predicted molar refractivity (Wildman–Crippen MR) is 113 cm³/mol. The van der Waals surface area contributed by atoms with Gasteiger partial charge in [0.25, 0.3) is 0 Å². The fraction of sp³-hybridized carbons (Fsp3) is 0.286. The first kappa shape index (κ1) is 19.0. The Balaban J connectivity index is 1.42. The summed E-state index contributed by atoms with van der Waals surface area (Å²) >= 11 is 1.57. The summed E-state index contributed by atoms with van der Waals surface area (Å²) in [5.74, 6) is 2.72. The Morgan fingerprint density at radius 1 is 1.03 bits per heavy atom. The molecule has 8 nitrogen and oxygen atoms in total. The normalized spacial score (nSPS) is 14.4. The van der Waals surface area contributed by atoms with Crippen LogP contribution in [0.15, 0.2) is 62.8 Å². The first-order chi connectivity index (χ1) is 14.8. The number of hydrogen-bond donors (Lipinski definition) is 0. The maximum Gasteiger partial charge on any atom is 0.232 e. The lowest BCUT2D eigenvalue weighted by atomic mass is 10.2. The van der Waals surface area contributed by atoms with Gasteiger partial charge in [0.1, 0.15) is 0 Å². The van der Waals surface area contributed by atoms with Gasteiger partial charge in [-0.2, -0.15) is 0 Å². The number of ether oxygens (including phenoxy) is 1. The molecule has 9 heteroatoms. The van der Waals surface area contributed by atoms with Crippen LogP contribution in [0.25, 0.3) is 17.2 Å². The molecule has 0 unspecified atom stereocenters. The molecule has 0 N–H and O–H groups in total. The Morgan fingerprint density at radius 3 is 2.73 bits per heavy atom. The van der Waals surface area contributed by atoms with Crippen LogP contribution in [-0.2, 0) is 10.5 Å². The van der Waals surface area contributed by atoms with Gasteiger partial charge < -0.3 is 18.6 Å². The summed E-state index contributed by atoms with van der Waals surface area (Å²) in [5.41, 5.74) is 3.04. The highest BCUT2D eigenvalue weighted by Crippen LogP contribution is 2.30. The highest BCUT2D eigenvalue weighted by Gasteiger charge is 2.22. The van der Waals surface area contributed by atoms with Crippen molar-refractivity contribution in [3.05, 3.63) is 60.0 Å². The van der Waals surface area contributed by atoms with Crippen LogP contribution in [0.3, 0.4) is 0 Å². The van der Waals surface area contributed by atoms with Gasteiger partial charge in [0.15, 0.2) is 10.9 Å². The lowest BCUT2D eigenvalue weighted by Crippen LogP contribution is -2.37. The fourth-order valence-corrected chi connectivity index (χ4v) is 4.20. The first-order valence-electron chi connectivity index (χ1n) is 9.75. The highest BCUT2D eigenvalue weighted by atomic mass is 32.2. The molecule has 5 rings (SSSR count). The number of hydrogen-bond acceptors (Lipinski definition) is 8. The third kappa shape index (κ3) is 3.86. The molecular weight excluding hydrogens is 402 g/mol. The Morgan fingerprint density at radius 2 is 1.93 bits per heavy atom. The van der Waals surface area contributed by atoms with Gasteiger partial charge in [0.2, 0.25) is 11.7 Å². The number of furan rings is 1. The third-order valence-corrected chi connectivity index (χ3v) is 5.80. The minimum Gasteiger partial charge on any atom is -0.461 e. The third-order valence-electron chi connectivity index (χ3n) is 4.84. The lowest BCUT2D eigenvalue weighted by Gasteiger charge is -2.28. The zero-order chi connectivity index (χ0) is 20.3. The summed E-state index contributed by atoms with van der Waals surface area (Å²) < 4.78 is 18.4. The topological polar surface area (TPSA) is 82.3 Å². The van der Waals surface area contributed by atoms with E-state index in [0.29, 0.717) is 30.5 Å². The Bertz CT molecular complexity index is 1120. The molecule has 1 aromatic carbocycles. The molecule has 0 aliphatic carbocycles. The van der Waals surface area contributed by atoms with Crippen molar-refractivity contribution >= 4 is 17.7 Å². The maximum atomic E-state index is 5.50. The van der Waals surface area contributed by atoms with Crippen molar-refractivity contribution in [1.29, 1.82) is 0 Å². The Hall–Kier alpha value is -3.04. The number of rotatable bonds is 6. The number of thioether (sulfide) groups is 1. The molecule has 0 bridgehead atoms. The zero-order valence-corrected chi connectivity index (χ0v) is 17.3. The average Bonchev–Trinajstić information content (AvgIpc) is 3.53. The summed E-state index contributed by atoms with van der Waals surface area (Å²) in [7, 11) is 0. The Kier molecular flexibility index (Phi) is 5.29. The van der Waals surface area contributed by atoms with Crippen LogP contribution in [0, 0.1) is 6.92 Å². The van der Waals surface area contributed by atoms with Crippen LogP contribution >= 0.6 is 11.8 Å². The van der Waals surface area contributed by atoms with E-state index in [9.17, 15) is 0 Å². The summed E-state index contributed by atoms with van der Waals surface area (Å²) in [5, 5.41) is 14.0. The van der Waals surface area contributed by atoms with Crippen LogP contribution in [0.1, 0.15) is 11.3 Å². The molecule has 154 valence electrons. The molecular formula is C21H21N5O3S. The molecule has 4 aromatic rings. The molecule has 0 atom stereocenters. The molecule has 0 amide bonds. The van der Waals surface area contributed by atoms with Gasteiger partial charge in [0.05, 0.1) is 30.9 Å².